The first-order chi connectivity index (χ1) is 62.0. The van der Waals surface area contributed by atoms with Gasteiger partial charge in [0.15, 0.2) is 11.6 Å². The molecule has 762 valence electrons. The highest BCUT2D eigenvalue weighted by atomic mass is 16.6. The molecule has 5 saturated heterocycles. The Hall–Kier alpha value is -12.7. The van der Waals surface area contributed by atoms with Gasteiger partial charge in [-0.3, -0.25) is 120 Å². The summed E-state index contributed by atoms with van der Waals surface area (Å²) in [6, 6.07) is 0. The van der Waals surface area contributed by atoms with E-state index in [1.165, 1.54) is 40.7 Å². The number of ether oxygens (including phenoxy) is 5. The standard InChI is InChI=1S/2C10H16O6.5C10H14O5.C10H16O4.C10H14O4/c1-6(11)7(5-9(14)15)10(2,16)4-3-8(12)13;1-10(16,5-4-9(14)15)6-7(11)2-3-8(12)13;1-6(11)7-5-9(14)15-10(7,2)4-3-8(12)13;2*1-10(5-4-9(14)15-10)6-7(11)2-3-8(12)13;1-6(3-4-9(12)13)8(7(2)11)5-10(14)15;1-7(2-4-9(12)13)6-8(11)3-5-10(14)15;2*1-7(2-4-9(11)12)6-8-3-5-10(13)14-8/h7,16H,3-5H2,1-2H3,(H,12,13)(H,14,15);16H,2-6H2,1H3,(H,12,13)(H,14,15);7H,3-5H2,1-2H3,(H,12,13);2*2-6H2,1H3,(H,12,13);3-5H2,1-2H3,(H,12,13)(H,14,15);6H,2-5H2,1H3,(H,12,13)(H,14,15);7-8H,2-6H2,1H3,(H,11,12);6-7H,2-5H2,1H3,(H,11,12)/b;;;;;8-6-;7-6+;;8-6+. The lowest BCUT2D eigenvalue weighted by Gasteiger charge is -2.29. The van der Waals surface area contributed by atoms with Gasteiger partial charge in [-0.2, -0.15) is 0 Å². The second-order valence-electron chi connectivity index (χ2n) is 34.1. The van der Waals surface area contributed by atoms with Gasteiger partial charge in [-0.25, -0.2) is 0 Å². The van der Waals surface area contributed by atoms with Crippen molar-refractivity contribution in [3.05, 3.63) is 34.6 Å². The molecule has 0 spiro atoms. The van der Waals surface area contributed by atoms with Crippen molar-refractivity contribution < 1.29 is 220 Å². The predicted molar refractivity (Wildman–Crippen MR) is 463 cm³/mol. The second-order valence-corrected chi connectivity index (χ2v) is 34.1. The first kappa shape index (κ1) is 129. The summed E-state index contributed by atoms with van der Waals surface area (Å²) in [5, 5.41) is 129. The molecule has 0 radical (unpaired) electrons. The molecule has 0 saturated carbocycles. The molecule has 5 aliphatic rings. The number of aliphatic hydroxyl groups is 2. The Morgan fingerprint density at radius 2 is 0.859 bits per heavy atom. The van der Waals surface area contributed by atoms with E-state index in [2.05, 4.69) is 0 Å². The molecule has 45 nitrogen and oxygen atoms in total. The van der Waals surface area contributed by atoms with E-state index in [0.717, 1.165) is 12.8 Å². The summed E-state index contributed by atoms with van der Waals surface area (Å²) in [6.07, 6.45) is 7.71. The smallest absolute Gasteiger partial charge is 0.311 e. The molecule has 0 aliphatic carbocycles. The molecule has 15 N–H and O–H groups in total. The van der Waals surface area contributed by atoms with Gasteiger partial charge in [0, 0.05) is 121 Å². The largest absolute Gasteiger partial charge is 0.481 e. The molecular weight excluding hydrogens is 1800 g/mol. The van der Waals surface area contributed by atoms with Gasteiger partial charge in [0.2, 0.25) is 0 Å². The third-order valence-corrected chi connectivity index (χ3v) is 20.4. The topological polar surface area (TPSA) is 776 Å². The van der Waals surface area contributed by atoms with Crippen LogP contribution >= 0.6 is 0 Å². The molecule has 5 aliphatic heterocycles. The van der Waals surface area contributed by atoms with E-state index in [1.54, 1.807) is 34.6 Å². The van der Waals surface area contributed by atoms with Crippen LogP contribution in [0.3, 0.4) is 0 Å². The van der Waals surface area contributed by atoms with Crippen molar-refractivity contribution in [1.29, 1.82) is 0 Å². The zero-order valence-corrected chi connectivity index (χ0v) is 78.2. The van der Waals surface area contributed by atoms with Gasteiger partial charge in [-0.1, -0.05) is 25.0 Å². The number of allylic oxidation sites excluding steroid dienone is 5. The highest BCUT2D eigenvalue weighted by Crippen LogP contribution is 2.38. The monoisotopic (exact) mass is 1930 g/mol. The number of carbonyl (C=O) groups excluding carboxylic acids is 12. The fourth-order valence-electron chi connectivity index (χ4n) is 13.0. The molecule has 0 aromatic carbocycles. The van der Waals surface area contributed by atoms with Gasteiger partial charge in [-0.15, -0.1) is 0 Å². The maximum Gasteiger partial charge on any atom is 0.311 e. The first-order valence-electron chi connectivity index (χ1n) is 43.0. The van der Waals surface area contributed by atoms with Crippen LogP contribution in [0.15, 0.2) is 34.6 Å². The second kappa shape index (κ2) is 65.8. The summed E-state index contributed by atoms with van der Waals surface area (Å²) < 4.78 is 25.1. The van der Waals surface area contributed by atoms with Crippen LogP contribution in [0.1, 0.15) is 321 Å². The van der Waals surface area contributed by atoms with Crippen LogP contribution in [0.2, 0.25) is 0 Å². The van der Waals surface area contributed by atoms with Crippen molar-refractivity contribution in [2.75, 3.05) is 0 Å². The molecule has 10 unspecified atom stereocenters. The Morgan fingerprint density at radius 3 is 1.24 bits per heavy atom. The van der Waals surface area contributed by atoms with Crippen molar-refractivity contribution in [2.24, 2.45) is 23.7 Å². The Bertz CT molecular complexity index is 4180. The fraction of sp³-hybridized carbons (Fsp3) is 0.656. The molecule has 135 heavy (non-hydrogen) atoms. The van der Waals surface area contributed by atoms with Crippen LogP contribution in [-0.2, 0) is 144 Å². The van der Waals surface area contributed by atoms with Crippen LogP contribution < -0.4 is 0 Å². The highest BCUT2D eigenvalue weighted by molar-refractivity contribution is 5.98. The summed E-state index contributed by atoms with van der Waals surface area (Å²) in [4.78, 5) is 267. The third-order valence-electron chi connectivity index (χ3n) is 20.4. The number of rotatable bonds is 51. The van der Waals surface area contributed by atoms with E-state index in [4.69, 9.17) is 90.1 Å². The minimum atomic E-state index is -1.61. The highest BCUT2D eigenvalue weighted by Gasteiger charge is 2.48. The number of Topliss-reactive ketones (excluding diaryl/α,β-unsaturated/α-hetero) is 6. The quantitative estimate of drug-likeness (QED) is 0.0153. The van der Waals surface area contributed by atoms with E-state index in [-0.39, 0.29) is 230 Å². The van der Waals surface area contributed by atoms with E-state index >= 15 is 0 Å². The number of hydrogen-bond donors (Lipinski definition) is 15. The van der Waals surface area contributed by atoms with Crippen molar-refractivity contribution in [3.63, 3.8) is 0 Å². The van der Waals surface area contributed by atoms with Gasteiger partial charge in [-0.05, 0) is 164 Å². The summed E-state index contributed by atoms with van der Waals surface area (Å²) in [5.74, 6) is -16.6. The van der Waals surface area contributed by atoms with Gasteiger partial charge < -0.3 is 100 Å². The lowest BCUT2D eigenvalue weighted by molar-refractivity contribution is -0.152. The maximum atomic E-state index is 11.4. The van der Waals surface area contributed by atoms with E-state index in [1.807, 2.05) is 19.9 Å². The summed E-state index contributed by atoms with van der Waals surface area (Å²) in [6.45, 7) is 18.7. The van der Waals surface area contributed by atoms with Crippen LogP contribution in [0.5, 0.6) is 0 Å². The molecule has 5 heterocycles. The number of carbonyl (C=O) groups is 25. The maximum absolute atomic E-state index is 11.4. The Morgan fingerprint density at radius 1 is 0.437 bits per heavy atom. The molecule has 0 amide bonds. The Labute approximate surface area is 778 Å². The lowest BCUT2D eigenvalue weighted by Crippen LogP contribution is -2.40. The van der Waals surface area contributed by atoms with E-state index in [9.17, 15) is 130 Å². The van der Waals surface area contributed by atoms with Gasteiger partial charge in [0.05, 0.1) is 74.4 Å². The molecule has 5 rings (SSSR count). The average Bonchev–Trinajstić information content (AvgIpc) is 1.65. The number of esters is 5. The van der Waals surface area contributed by atoms with Crippen molar-refractivity contribution in [2.45, 2.75) is 355 Å². The summed E-state index contributed by atoms with van der Waals surface area (Å²) in [5.41, 5.74) is -3.97. The SMILES string of the molecule is C/C(=C\C(=O)CCC(=O)O)CCC(=O)O.CC(/C=C1\CCC(=O)O1)CCC(=O)O.CC(=O)/C(CC(=O)O)=C(/C)CCC(=O)O.CC(=O)C(CC(=O)O)C(C)(O)CCC(=O)O.CC(=O)C1CC(=O)OC1(C)CCC(=O)O.CC(CCC(=O)O)CC1CCC(=O)O1.CC(O)(CCC(=O)O)CC(=O)CCC(=O)O.CC1(CC(=O)CCC(=O)O)CCC(=O)O1.CC1(CC(=O)CCC(=O)O)CCC(=O)O1. The number of carboxylic acid groups (broad SMARTS) is 13. The van der Waals surface area contributed by atoms with Crippen molar-refractivity contribution in [3.8, 4) is 0 Å². The normalized spacial score (nSPS) is 19.6. The van der Waals surface area contributed by atoms with Gasteiger partial charge in [0.1, 0.15) is 57.6 Å². The Kier molecular flexibility index (Phi) is 62.7. The lowest BCUT2D eigenvalue weighted by atomic mass is 9.80. The third kappa shape index (κ3) is 69.8. The minimum absolute atomic E-state index is 0.00245. The van der Waals surface area contributed by atoms with Crippen LogP contribution in [0.25, 0.3) is 0 Å². The van der Waals surface area contributed by atoms with Crippen molar-refractivity contribution >= 4 is 148 Å². The van der Waals surface area contributed by atoms with Gasteiger partial charge >= 0.3 is 107 Å². The number of cyclic esters (lactones) is 5. The average molecular weight is 1930 g/mol. The summed E-state index contributed by atoms with van der Waals surface area (Å²) >= 11 is 0. The Balaban J connectivity index is -0.000000715. The first-order valence-corrected chi connectivity index (χ1v) is 43.0. The number of carboxylic acids is 13. The predicted octanol–water partition coefficient (Wildman–Crippen LogP) is 9.04. The summed E-state index contributed by atoms with van der Waals surface area (Å²) in [7, 11) is 0. The number of hydrogen-bond acceptors (Lipinski definition) is 32. The van der Waals surface area contributed by atoms with E-state index < -0.39 is 136 Å². The zero-order valence-electron chi connectivity index (χ0n) is 78.2. The van der Waals surface area contributed by atoms with E-state index in [0.29, 0.717) is 87.0 Å². The van der Waals surface area contributed by atoms with Crippen molar-refractivity contribution in [1.82, 2.24) is 0 Å². The fourth-order valence-corrected chi connectivity index (χ4v) is 13.0. The molecule has 0 bridgehead atoms. The molecule has 0 aromatic heterocycles. The van der Waals surface area contributed by atoms with Gasteiger partial charge in [0.25, 0.3) is 0 Å². The molecule has 45 heteroatoms. The molecule has 10 atom stereocenters. The number of ketones is 7. The van der Waals surface area contributed by atoms with Crippen LogP contribution in [0.4, 0.5) is 0 Å². The van der Waals surface area contributed by atoms with Crippen LogP contribution in [0, 0.1) is 23.7 Å². The minimum Gasteiger partial charge on any atom is -0.481 e. The zero-order chi connectivity index (χ0) is 105. The van der Waals surface area contributed by atoms with Crippen LogP contribution in [-0.4, -0.2) is 259 Å². The number of aliphatic carboxylic acids is 13. The molecule has 0 aromatic rings. The molecular formula is C90H132O45. The molecule has 5 fully saturated rings.